The van der Waals surface area contributed by atoms with Crippen LogP contribution < -0.4 is 39.8 Å². The molecule has 0 heterocycles. The van der Waals surface area contributed by atoms with Crippen LogP contribution in [0.2, 0.25) is 15.1 Å². The van der Waals surface area contributed by atoms with Crippen LogP contribution in [0.4, 0.5) is 5.69 Å². The number of halogens is 3. The van der Waals surface area contributed by atoms with Crippen LogP contribution in [-0.2, 0) is 10.3 Å². The predicted octanol–water partition coefficient (Wildman–Crippen LogP) is -0.972. The summed E-state index contributed by atoms with van der Waals surface area (Å²) in [5, 5.41) is 0.466. The van der Waals surface area contributed by atoms with E-state index in [0.29, 0.717) is 5.02 Å². The van der Waals surface area contributed by atoms with Crippen molar-refractivity contribution in [2.24, 2.45) is 0 Å². The fraction of sp³-hybridized carbons (Fsp3) is 0. The van der Waals surface area contributed by atoms with Crippen LogP contribution in [0.25, 0.3) is 0 Å². The van der Waals surface area contributed by atoms with Crippen LogP contribution >= 0.6 is 34.8 Å². The van der Waals surface area contributed by atoms with E-state index in [1.165, 1.54) is 17.0 Å². The number of nitrogens with one attached hydrogen (secondary N) is 2. The average molecular weight is 314 g/mol. The van der Waals surface area contributed by atoms with E-state index in [1.54, 1.807) is 0 Å². The van der Waals surface area contributed by atoms with Crippen LogP contribution in [-0.4, -0.2) is 13.0 Å². The van der Waals surface area contributed by atoms with Gasteiger partial charge in [-0.1, -0.05) is 34.8 Å². The summed E-state index contributed by atoms with van der Waals surface area (Å²) in [5.41, 5.74) is 2.13. The molecule has 1 aromatic rings. The second-order valence-corrected chi connectivity index (χ2v) is 4.79. The molecule has 0 aliphatic rings. The Bertz CT molecular complexity index is 459. The third kappa shape index (κ3) is 5.39. The second kappa shape index (κ2) is 6.63. The molecule has 0 bridgehead atoms. The van der Waals surface area contributed by atoms with E-state index in [0.717, 1.165) is 0 Å². The molecule has 2 N–H and O–H groups in total. The van der Waals surface area contributed by atoms with E-state index in [4.69, 9.17) is 34.8 Å². The van der Waals surface area contributed by atoms with Crippen molar-refractivity contribution in [3.05, 3.63) is 27.2 Å². The summed E-state index contributed by atoms with van der Waals surface area (Å²) in [6, 6.07) is 2.69. The van der Waals surface area contributed by atoms with Crippen LogP contribution in [0.3, 0.4) is 0 Å². The van der Waals surface area contributed by atoms with Crippen molar-refractivity contribution >= 4 is 50.8 Å². The third-order valence-electron chi connectivity index (χ3n) is 1.31. The topological polar surface area (TPSA) is 81.3 Å². The molecule has 0 aliphatic heterocycles. The molecule has 0 amide bonds. The minimum absolute atomic E-state index is 0. The summed E-state index contributed by atoms with van der Waals surface area (Å²) in [6.45, 7) is 0. The molecule has 1 rings (SSSR count). The van der Waals surface area contributed by atoms with Gasteiger partial charge < -0.3 is 9.98 Å². The normalized spacial score (nSPS) is 10.8. The van der Waals surface area contributed by atoms with Gasteiger partial charge in [0.05, 0.1) is 15.7 Å². The van der Waals surface area contributed by atoms with Crippen molar-refractivity contribution in [3.63, 3.8) is 0 Å². The molecule has 0 aromatic heterocycles. The monoisotopic (exact) mass is 312 g/mol. The van der Waals surface area contributed by atoms with Gasteiger partial charge in [-0.3, -0.25) is 0 Å². The second-order valence-electron chi connectivity index (χ2n) is 2.43. The van der Waals surface area contributed by atoms with E-state index in [-0.39, 0.29) is 45.3 Å². The molecular weight excluding hydrogens is 309 g/mol. The molecule has 84 valence electrons. The third-order valence-corrected chi connectivity index (χ3v) is 2.47. The molecule has 1 aromatic carbocycles. The summed E-state index contributed by atoms with van der Waals surface area (Å²) < 4.78 is 30.8. The van der Waals surface area contributed by atoms with Crippen molar-refractivity contribution in [3.8, 4) is 0 Å². The zero-order valence-corrected chi connectivity index (χ0v) is 13.0. The minimum Gasteiger partial charge on any atom is -0.734 e. The largest absolute Gasteiger partial charge is 1.00 e. The number of anilines is 1. The Hall–Kier alpha value is 0.760. The van der Waals surface area contributed by atoms with Crippen molar-refractivity contribution < 1.29 is 42.5 Å². The van der Waals surface area contributed by atoms with Crippen LogP contribution in [0.5, 0.6) is 0 Å². The number of benzene rings is 1. The zero-order chi connectivity index (χ0) is 11.6. The summed E-state index contributed by atoms with van der Waals surface area (Å²) in [4.78, 5) is 1.49. The Morgan fingerprint density at radius 3 is 1.94 bits per heavy atom. The first kappa shape index (κ1) is 16.8. The summed E-state index contributed by atoms with van der Waals surface area (Å²) in [7, 11) is -4.63. The molecule has 5 nitrogen and oxygen atoms in total. The Morgan fingerprint density at radius 2 is 1.56 bits per heavy atom. The molecule has 0 saturated heterocycles. The van der Waals surface area contributed by atoms with Gasteiger partial charge in [0.2, 0.25) is 0 Å². The summed E-state index contributed by atoms with van der Waals surface area (Å²) >= 11 is 17.0. The van der Waals surface area contributed by atoms with Crippen molar-refractivity contribution in [1.29, 1.82) is 0 Å². The molecule has 0 radical (unpaired) electrons. The van der Waals surface area contributed by atoms with E-state index >= 15 is 0 Å². The quantitative estimate of drug-likeness (QED) is 0.427. The van der Waals surface area contributed by atoms with Crippen molar-refractivity contribution in [2.45, 2.75) is 0 Å². The van der Waals surface area contributed by atoms with Gasteiger partial charge in [-0.25, -0.2) is 8.42 Å². The molecular formula is C6H4Cl3N2NaO3S. The number of rotatable bonds is 3. The molecule has 0 fully saturated rings. The molecule has 0 saturated carbocycles. The fourth-order valence-electron chi connectivity index (χ4n) is 0.775. The van der Waals surface area contributed by atoms with Gasteiger partial charge in [0, 0.05) is 5.02 Å². The van der Waals surface area contributed by atoms with E-state index in [2.05, 4.69) is 5.43 Å². The summed E-state index contributed by atoms with van der Waals surface area (Å²) in [5.74, 6) is 0. The smallest absolute Gasteiger partial charge is 0.734 e. The van der Waals surface area contributed by atoms with Crippen LogP contribution in [0.15, 0.2) is 12.1 Å². The minimum atomic E-state index is -4.63. The Morgan fingerprint density at radius 1 is 1.12 bits per heavy atom. The maximum atomic E-state index is 10.3. The van der Waals surface area contributed by atoms with E-state index in [1.807, 2.05) is 0 Å². The molecule has 0 aliphatic carbocycles. The fourth-order valence-corrected chi connectivity index (χ4v) is 1.91. The Kier molecular flexibility index (Phi) is 6.94. The zero-order valence-electron chi connectivity index (χ0n) is 7.92. The van der Waals surface area contributed by atoms with Gasteiger partial charge in [0.1, 0.15) is 0 Å². The Labute approximate surface area is 130 Å². The van der Waals surface area contributed by atoms with Gasteiger partial charge >= 0.3 is 29.6 Å². The van der Waals surface area contributed by atoms with E-state index < -0.39 is 10.3 Å². The van der Waals surface area contributed by atoms with Gasteiger partial charge in [-0.15, -0.1) is 4.83 Å². The molecule has 0 unspecified atom stereocenters. The van der Waals surface area contributed by atoms with Gasteiger partial charge in [-0.05, 0) is 12.1 Å². The number of hydrogen-bond acceptors (Lipinski definition) is 4. The average Bonchev–Trinajstić information content (AvgIpc) is 1.99. The number of hydrazine groups is 1. The first-order chi connectivity index (χ1) is 6.79. The van der Waals surface area contributed by atoms with Crippen LogP contribution in [0, 0.1) is 0 Å². The van der Waals surface area contributed by atoms with Gasteiger partial charge in [0.25, 0.3) is 0 Å². The van der Waals surface area contributed by atoms with Gasteiger partial charge in [-0.2, -0.15) is 0 Å². The summed E-state index contributed by atoms with van der Waals surface area (Å²) in [6.07, 6.45) is 0. The molecule has 16 heavy (non-hydrogen) atoms. The molecule has 10 heteroatoms. The van der Waals surface area contributed by atoms with Crippen LogP contribution in [0.1, 0.15) is 0 Å². The Balaban J connectivity index is 0.00000225. The first-order valence-electron chi connectivity index (χ1n) is 3.43. The molecule has 0 atom stereocenters. The van der Waals surface area contributed by atoms with Crippen molar-refractivity contribution in [2.75, 3.05) is 5.43 Å². The predicted molar refractivity (Wildman–Crippen MR) is 57.9 cm³/mol. The first-order valence-corrected chi connectivity index (χ1v) is 5.97. The number of hydrogen-bond donors (Lipinski definition) is 2. The molecule has 0 spiro atoms. The SMILES string of the molecule is O=S(=O)([O-])NNc1c(Cl)cc(Cl)cc1Cl.[Na+]. The maximum Gasteiger partial charge on any atom is 1.00 e. The van der Waals surface area contributed by atoms with Gasteiger partial charge in [0.15, 0.2) is 10.3 Å². The van der Waals surface area contributed by atoms with E-state index in [9.17, 15) is 13.0 Å². The maximum absolute atomic E-state index is 10.3. The standard InChI is InChI=1S/C6H5Cl3N2O3S.Na/c7-3-1-4(8)6(5(9)2-3)10-11-15(12,13)14;/h1-2,10-11H,(H,12,13,14);/q;+1/p-1. The van der Waals surface area contributed by atoms with Crippen molar-refractivity contribution in [1.82, 2.24) is 4.83 Å².